The van der Waals surface area contributed by atoms with Crippen molar-refractivity contribution in [1.82, 2.24) is 4.98 Å². The highest BCUT2D eigenvalue weighted by Crippen LogP contribution is 2.18. The first-order chi connectivity index (χ1) is 7.27. The second-order valence-corrected chi connectivity index (χ2v) is 3.86. The van der Waals surface area contributed by atoms with Crippen LogP contribution in [0.25, 0.3) is 0 Å². The minimum absolute atomic E-state index is 0.0280. The van der Waals surface area contributed by atoms with Crippen molar-refractivity contribution in [3.8, 4) is 0 Å². The number of piperidine rings is 1. The molecule has 0 amide bonds. The summed E-state index contributed by atoms with van der Waals surface area (Å²) < 4.78 is 0. The molecule has 1 aliphatic rings. The highest BCUT2D eigenvalue weighted by Gasteiger charge is 2.11. The average molecular weight is 204 g/mol. The van der Waals surface area contributed by atoms with Crippen molar-refractivity contribution in [2.75, 3.05) is 18.0 Å². The molecule has 2 heterocycles. The van der Waals surface area contributed by atoms with Gasteiger partial charge in [0.25, 0.3) is 0 Å². The van der Waals surface area contributed by atoms with E-state index >= 15 is 0 Å². The maximum absolute atomic E-state index is 7.25. The molecule has 0 unspecified atom stereocenters. The Morgan fingerprint density at radius 2 is 2.00 bits per heavy atom. The Balaban J connectivity index is 2.11. The molecule has 1 fully saturated rings. The first-order valence-electron chi connectivity index (χ1n) is 5.33. The third-order valence-electron chi connectivity index (χ3n) is 2.75. The van der Waals surface area contributed by atoms with Gasteiger partial charge in [0.1, 0.15) is 11.5 Å². The molecule has 80 valence electrons. The molecule has 0 saturated carbocycles. The Kier molecular flexibility index (Phi) is 2.85. The van der Waals surface area contributed by atoms with E-state index in [1.54, 1.807) is 0 Å². The Morgan fingerprint density at radius 1 is 1.27 bits per heavy atom. The van der Waals surface area contributed by atoms with E-state index in [-0.39, 0.29) is 5.84 Å². The first kappa shape index (κ1) is 9.96. The SMILES string of the molecule is N=C(N)c1ccc(N2CCCCC2)cn1. The summed E-state index contributed by atoms with van der Waals surface area (Å²) in [4.78, 5) is 6.50. The minimum Gasteiger partial charge on any atom is -0.382 e. The number of aromatic nitrogens is 1. The predicted molar refractivity (Wildman–Crippen MR) is 61.3 cm³/mol. The largest absolute Gasteiger partial charge is 0.382 e. The summed E-state index contributed by atoms with van der Waals surface area (Å²) in [5, 5.41) is 7.25. The maximum Gasteiger partial charge on any atom is 0.141 e. The molecule has 0 radical (unpaired) electrons. The van der Waals surface area contributed by atoms with Gasteiger partial charge >= 0.3 is 0 Å². The third kappa shape index (κ3) is 2.26. The van der Waals surface area contributed by atoms with E-state index in [9.17, 15) is 0 Å². The molecule has 15 heavy (non-hydrogen) atoms. The standard InChI is InChI=1S/C11H16N4/c12-11(13)10-5-4-9(8-14-10)15-6-2-1-3-7-15/h4-5,8H,1-3,6-7H2,(H3,12,13). The first-order valence-corrected chi connectivity index (χ1v) is 5.33. The number of hydrogen-bond donors (Lipinski definition) is 2. The highest BCUT2D eigenvalue weighted by atomic mass is 15.1. The number of nitrogens with two attached hydrogens (primary N) is 1. The van der Waals surface area contributed by atoms with Gasteiger partial charge < -0.3 is 10.6 Å². The fourth-order valence-corrected chi connectivity index (χ4v) is 1.88. The van der Waals surface area contributed by atoms with Crippen LogP contribution in [0.3, 0.4) is 0 Å². The lowest BCUT2D eigenvalue weighted by molar-refractivity contribution is 0.577. The zero-order valence-electron chi connectivity index (χ0n) is 8.74. The van der Waals surface area contributed by atoms with E-state index in [4.69, 9.17) is 11.1 Å². The number of pyridine rings is 1. The predicted octanol–water partition coefficient (Wildman–Crippen LogP) is 1.36. The monoisotopic (exact) mass is 204 g/mol. The van der Waals surface area contributed by atoms with Gasteiger partial charge in [-0.15, -0.1) is 0 Å². The number of hydrogen-bond acceptors (Lipinski definition) is 3. The van der Waals surface area contributed by atoms with Crippen molar-refractivity contribution in [3.05, 3.63) is 24.0 Å². The Morgan fingerprint density at radius 3 is 2.53 bits per heavy atom. The molecule has 0 bridgehead atoms. The van der Waals surface area contributed by atoms with Crippen molar-refractivity contribution in [2.45, 2.75) is 19.3 Å². The number of anilines is 1. The zero-order chi connectivity index (χ0) is 10.7. The number of nitrogen functional groups attached to an aromatic ring is 1. The van der Waals surface area contributed by atoms with E-state index in [2.05, 4.69) is 9.88 Å². The van der Waals surface area contributed by atoms with Gasteiger partial charge in [0.05, 0.1) is 11.9 Å². The van der Waals surface area contributed by atoms with Gasteiger partial charge in [-0.05, 0) is 31.4 Å². The lowest BCUT2D eigenvalue weighted by atomic mass is 10.1. The van der Waals surface area contributed by atoms with Crippen molar-refractivity contribution in [2.24, 2.45) is 5.73 Å². The molecule has 3 N–H and O–H groups in total. The second kappa shape index (κ2) is 4.29. The third-order valence-corrected chi connectivity index (χ3v) is 2.75. The molecule has 4 heteroatoms. The molecule has 1 saturated heterocycles. The fraction of sp³-hybridized carbons (Fsp3) is 0.455. The Labute approximate surface area is 89.6 Å². The van der Waals surface area contributed by atoms with Gasteiger partial charge in [0, 0.05) is 13.1 Å². The van der Waals surface area contributed by atoms with Crippen LogP contribution in [-0.2, 0) is 0 Å². The molecule has 1 aromatic heterocycles. The summed E-state index contributed by atoms with van der Waals surface area (Å²) in [7, 11) is 0. The van der Waals surface area contributed by atoms with E-state index in [1.165, 1.54) is 19.3 Å². The number of nitrogens with zero attached hydrogens (tertiary/aromatic N) is 2. The minimum atomic E-state index is 0.0280. The number of amidine groups is 1. The molecule has 1 aliphatic heterocycles. The number of rotatable bonds is 2. The summed E-state index contributed by atoms with van der Waals surface area (Å²) >= 11 is 0. The van der Waals surface area contributed by atoms with Gasteiger partial charge in [-0.1, -0.05) is 0 Å². The second-order valence-electron chi connectivity index (χ2n) is 3.86. The van der Waals surface area contributed by atoms with Crippen molar-refractivity contribution in [3.63, 3.8) is 0 Å². The zero-order valence-corrected chi connectivity index (χ0v) is 8.74. The molecular weight excluding hydrogens is 188 g/mol. The van der Waals surface area contributed by atoms with Crippen LogP contribution >= 0.6 is 0 Å². The van der Waals surface area contributed by atoms with Gasteiger partial charge in [-0.3, -0.25) is 10.4 Å². The van der Waals surface area contributed by atoms with Crippen molar-refractivity contribution < 1.29 is 0 Å². The maximum atomic E-state index is 7.25. The van der Waals surface area contributed by atoms with Crippen LogP contribution in [0.15, 0.2) is 18.3 Å². The van der Waals surface area contributed by atoms with Crippen LogP contribution in [0.2, 0.25) is 0 Å². The van der Waals surface area contributed by atoms with Crippen LogP contribution in [-0.4, -0.2) is 23.9 Å². The summed E-state index contributed by atoms with van der Waals surface area (Å²) in [6.07, 6.45) is 5.65. The molecule has 0 aromatic carbocycles. The van der Waals surface area contributed by atoms with Crippen LogP contribution in [0.5, 0.6) is 0 Å². The van der Waals surface area contributed by atoms with Gasteiger partial charge in [0.2, 0.25) is 0 Å². The van der Waals surface area contributed by atoms with Gasteiger partial charge in [-0.25, -0.2) is 0 Å². The fourth-order valence-electron chi connectivity index (χ4n) is 1.88. The van der Waals surface area contributed by atoms with Crippen LogP contribution < -0.4 is 10.6 Å². The topological polar surface area (TPSA) is 66.0 Å². The number of nitrogens with one attached hydrogen (secondary N) is 1. The summed E-state index contributed by atoms with van der Waals surface area (Å²) in [5.74, 6) is 0.0280. The normalized spacial score (nSPS) is 16.4. The average Bonchev–Trinajstić information content (AvgIpc) is 2.30. The van der Waals surface area contributed by atoms with E-state index in [0.717, 1.165) is 18.8 Å². The molecular formula is C11H16N4. The Hall–Kier alpha value is -1.58. The van der Waals surface area contributed by atoms with Gasteiger partial charge in [-0.2, -0.15) is 0 Å². The van der Waals surface area contributed by atoms with Crippen molar-refractivity contribution in [1.29, 1.82) is 5.41 Å². The molecule has 1 aromatic rings. The van der Waals surface area contributed by atoms with E-state index in [1.807, 2.05) is 18.3 Å². The summed E-state index contributed by atoms with van der Waals surface area (Å²) in [6.45, 7) is 2.22. The van der Waals surface area contributed by atoms with E-state index < -0.39 is 0 Å². The molecule has 0 spiro atoms. The lowest BCUT2D eigenvalue weighted by Gasteiger charge is -2.28. The van der Waals surface area contributed by atoms with E-state index in [0.29, 0.717) is 5.69 Å². The molecule has 4 nitrogen and oxygen atoms in total. The molecule has 0 atom stereocenters. The Bertz CT molecular complexity index is 338. The highest BCUT2D eigenvalue weighted by molar-refractivity contribution is 5.93. The van der Waals surface area contributed by atoms with Crippen LogP contribution in [0, 0.1) is 5.41 Å². The molecule has 2 rings (SSSR count). The lowest BCUT2D eigenvalue weighted by Crippen LogP contribution is -2.29. The van der Waals surface area contributed by atoms with Crippen molar-refractivity contribution >= 4 is 11.5 Å². The quantitative estimate of drug-likeness (QED) is 0.564. The van der Waals surface area contributed by atoms with Gasteiger partial charge in [0.15, 0.2) is 0 Å². The smallest absolute Gasteiger partial charge is 0.141 e. The van der Waals surface area contributed by atoms with Crippen LogP contribution in [0.4, 0.5) is 5.69 Å². The summed E-state index contributed by atoms with van der Waals surface area (Å²) in [5.41, 5.74) is 7.04. The summed E-state index contributed by atoms with van der Waals surface area (Å²) in [6, 6.07) is 3.81. The molecule has 0 aliphatic carbocycles. The van der Waals surface area contributed by atoms with Crippen LogP contribution in [0.1, 0.15) is 25.0 Å².